The Kier molecular flexibility index (Phi) is 3.88. The molecule has 20 heavy (non-hydrogen) atoms. The summed E-state index contributed by atoms with van der Waals surface area (Å²) in [5.74, 6) is 1.18. The Morgan fingerprint density at radius 3 is 2.95 bits per heavy atom. The molecule has 0 fully saturated rings. The molecule has 0 spiro atoms. The zero-order valence-corrected chi connectivity index (χ0v) is 12.7. The highest BCUT2D eigenvalue weighted by Gasteiger charge is 2.13. The van der Waals surface area contributed by atoms with Crippen LogP contribution in [0.3, 0.4) is 0 Å². The lowest BCUT2D eigenvalue weighted by molar-refractivity contribution is 0.0983. The maximum absolute atomic E-state index is 12.2. The third-order valence-corrected chi connectivity index (χ3v) is 4.03. The van der Waals surface area contributed by atoms with E-state index in [0.29, 0.717) is 6.42 Å². The zero-order chi connectivity index (χ0) is 13.9. The Bertz CT molecular complexity index is 649. The van der Waals surface area contributed by atoms with E-state index in [-0.39, 0.29) is 5.78 Å². The molecule has 3 heteroatoms. The first-order chi connectivity index (χ1) is 9.72. The maximum atomic E-state index is 12.2. The van der Waals surface area contributed by atoms with Gasteiger partial charge in [0, 0.05) is 22.9 Å². The van der Waals surface area contributed by atoms with Gasteiger partial charge in [-0.2, -0.15) is 0 Å². The summed E-state index contributed by atoms with van der Waals surface area (Å²) >= 11 is 3.39. The third-order valence-electron chi connectivity index (χ3n) is 3.54. The van der Waals surface area contributed by atoms with Gasteiger partial charge < -0.3 is 4.74 Å². The molecule has 0 amide bonds. The number of hydrogen-bond acceptors (Lipinski definition) is 2. The second-order valence-electron chi connectivity index (χ2n) is 4.97. The van der Waals surface area contributed by atoms with Crippen LogP contribution in [0, 0.1) is 0 Å². The van der Waals surface area contributed by atoms with Crippen molar-refractivity contribution in [3.63, 3.8) is 0 Å². The monoisotopic (exact) mass is 330 g/mol. The topological polar surface area (TPSA) is 26.3 Å². The van der Waals surface area contributed by atoms with Crippen molar-refractivity contribution in [1.29, 1.82) is 0 Å². The van der Waals surface area contributed by atoms with Crippen LogP contribution in [-0.2, 0) is 12.8 Å². The van der Waals surface area contributed by atoms with E-state index in [0.717, 1.165) is 35.2 Å². The van der Waals surface area contributed by atoms with Gasteiger partial charge in [0.25, 0.3) is 0 Å². The summed E-state index contributed by atoms with van der Waals surface area (Å²) < 4.78 is 6.43. The van der Waals surface area contributed by atoms with Gasteiger partial charge in [-0.1, -0.05) is 40.2 Å². The lowest BCUT2D eigenvalue weighted by Crippen LogP contribution is -2.01. The highest BCUT2D eigenvalue weighted by molar-refractivity contribution is 9.10. The number of Topliss-reactive ketones (excluding diaryl/α,β-unsaturated/α-hetero) is 1. The molecule has 1 aliphatic heterocycles. The number of rotatable bonds is 4. The highest BCUT2D eigenvalue weighted by Crippen LogP contribution is 2.26. The Morgan fingerprint density at radius 1 is 1.20 bits per heavy atom. The van der Waals surface area contributed by atoms with E-state index in [2.05, 4.69) is 28.1 Å². The number of ketones is 1. The number of aryl methyl sites for hydroxylation is 1. The van der Waals surface area contributed by atoms with Crippen molar-refractivity contribution in [3.05, 3.63) is 63.6 Å². The fraction of sp³-hybridized carbons (Fsp3) is 0.235. The predicted octanol–water partition coefficient (Wildman–Crippen LogP) is 4.20. The number of benzene rings is 2. The Morgan fingerprint density at radius 2 is 2.10 bits per heavy atom. The van der Waals surface area contributed by atoms with Gasteiger partial charge in [0.2, 0.25) is 0 Å². The number of hydrogen-bond donors (Lipinski definition) is 0. The van der Waals surface area contributed by atoms with Crippen molar-refractivity contribution in [2.45, 2.75) is 19.3 Å². The molecule has 1 aliphatic rings. The first kappa shape index (κ1) is 13.4. The molecule has 0 saturated heterocycles. The van der Waals surface area contributed by atoms with Gasteiger partial charge in [0.1, 0.15) is 5.75 Å². The number of halogens is 1. The first-order valence-electron chi connectivity index (χ1n) is 6.76. The first-order valence-corrected chi connectivity index (χ1v) is 7.55. The third kappa shape index (κ3) is 2.93. The molecule has 2 aromatic rings. The van der Waals surface area contributed by atoms with E-state index >= 15 is 0 Å². The fourth-order valence-electron chi connectivity index (χ4n) is 2.46. The Hall–Kier alpha value is -1.61. The van der Waals surface area contributed by atoms with E-state index in [1.54, 1.807) is 0 Å². The summed E-state index contributed by atoms with van der Waals surface area (Å²) in [6.07, 6.45) is 2.29. The molecule has 1 heterocycles. The SMILES string of the molecule is O=C(CCc1ccc2c(c1)CCO2)c1cccc(Br)c1. The minimum absolute atomic E-state index is 0.183. The van der Waals surface area contributed by atoms with Crippen molar-refractivity contribution in [1.82, 2.24) is 0 Å². The minimum Gasteiger partial charge on any atom is -0.493 e. The quantitative estimate of drug-likeness (QED) is 0.785. The molecule has 0 aliphatic carbocycles. The summed E-state index contributed by atoms with van der Waals surface area (Å²) in [6, 6.07) is 13.8. The van der Waals surface area contributed by atoms with E-state index in [9.17, 15) is 4.79 Å². The second kappa shape index (κ2) is 5.80. The van der Waals surface area contributed by atoms with Crippen molar-refractivity contribution < 1.29 is 9.53 Å². The molecule has 2 aromatic carbocycles. The second-order valence-corrected chi connectivity index (χ2v) is 5.89. The summed E-state index contributed by atoms with van der Waals surface area (Å²) in [4.78, 5) is 12.2. The van der Waals surface area contributed by atoms with Crippen molar-refractivity contribution in [2.24, 2.45) is 0 Å². The van der Waals surface area contributed by atoms with Gasteiger partial charge in [0.05, 0.1) is 6.61 Å². The smallest absolute Gasteiger partial charge is 0.163 e. The number of carbonyl (C=O) groups excluding carboxylic acids is 1. The van der Waals surface area contributed by atoms with Crippen molar-refractivity contribution >= 4 is 21.7 Å². The van der Waals surface area contributed by atoms with Crippen LogP contribution in [0.1, 0.15) is 27.9 Å². The summed E-state index contributed by atoms with van der Waals surface area (Å²) in [5, 5.41) is 0. The molecular weight excluding hydrogens is 316 g/mol. The fourth-order valence-corrected chi connectivity index (χ4v) is 2.86. The standard InChI is InChI=1S/C17H15BrO2/c18-15-3-1-2-13(11-15)16(19)6-4-12-5-7-17-14(10-12)8-9-20-17/h1-3,5,7,10-11H,4,6,8-9H2. The summed E-state index contributed by atoms with van der Waals surface area (Å²) in [6.45, 7) is 0.774. The summed E-state index contributed by atoms with van der Waals surface area (Å²) in [5.41, 5.74) is 3.24. The molecule has 0 atom stereocenters. The highest BCUT2D eigenvalue weighted by atomic mass is 79.9. The van der Waals surface area contributed by atoms with Gasteiger partial charge in [-0.25, -0.2) is 0 Å². The predicted molar refractivity (Wildman–Crippen MR) is 82.4 cm³/mol. The Labute approximate surface area is 126 Å². The van der Waals surface area contributed by atoms with Gasteiger partial charge in [-0.15, -0.1) is 0 Å². The molecule has 3 rings (SSSR count). The average molecular weight is 331 g/mol. The van der Waals surface area contributed by atoms with Gasteiger partial charge in [-0.3, -0.25) is 4.79 Å². The van der Waals surface area contributed by atoms with E-state index in [1.807, 2.05) is 30.3 Å². The van der Waals surface area contributed by atoms with Crippen LogP contribution >= 0.6 is 15.9 Å². The number of carbonyl (C=O) groups is 1. The number of ether oxygens (including phenoxy) is 1. The molecule has 0 radical (unpaired) electrons. The normalized spacial score (nSPS) is 12.8. The van der Waals surface area contributed by atoms with Crippen LogP contribution in [0.4, 0.5) is 0 Å². The van der Waals surface area contributed by atoms with Crippen molar-refractivity contribution in [2.75, 3.05) is 6.61 Å². The van der Waals surface area contributed by atoms with Crippen LogP contribution in [0.15, 0.2) is 46.9 Å². The van der Waals surface area contributed by atoms with E-state index in [1.165, 1.54) is 11.1 Å². The largest absolute Gasteiger partial charge is 0.493 e. The lowest BCUT2D eigenvalue weighted by atomic mass is 10.0. The zero-order valence-electron chi connectivity index (χ0n) is 11.1. The minimum atomic E-state index is 0.183. The Balaban J connectivity index is 1.66. The molecule has 0 N–H and O–H groups in total. The van der Waals surface area contributed by atoms with E-state index < -0.39 is 0 Å². The van der Waals surface area contributed by atoms with Crippen LogP contribution in [0.25, 0.3) is 0 Å². The molecule has 0 aromatic heterocycles. The van der Waals surface area contributed by atoms with Gasteiger partial charge >= 0.3 is 0 Å². The average Bonchev–Trinajstić information content (AvgIpc) is 2.92. The van der Waals surface area contributed by atoms with E-state index in [4.69, 9.17) is 4.74 Å². The van der Waals surface area contributed by atoms with Gasteiger partial charge in [0.15, 0.2) is 5.78 Å². The van der Waals surface area contributed by atoms with Crippen LogP contribution in [0.2, 0.25) is 0 Å². The molecule has 2 nitrogen and oxygen atoms in total. The lowest BCUT2D eigenvalue weighted by Gasteiger charge is -2.05. The van der Waals surface area contributed by atoms with Gasteiger partial charge in [-0.05, 0) is 35.7 Å². The molecule has 0 unspecified atom stereocenters. The van der Waals surface area contributed by atoms with Crippen LogP contribution < -0.4 is 4.74 Å². The molecule has 0 bridgehead atoms. The summed E-state index contributed by atoms with van der Waals surface area (Å²) in [7, 11) is 0. The molecule has 102 valence electrons. The van der Waals surface area contributed by atoms with Crippen molar-refractivity contribution in [3.8, 4) is 5.75 Å². The number of fused-ring (bicyclic) bond motifs is 1. The van der Waals surface area contributed by atoms with Crippen LogP contribution in [-0.4, -0.2) is 12.4 Å². The molecular formula is C17H15BrO2. The molecule has 0 saturated carbocycles. The van der Waals surface area contributed by atoms with Crippen LogP contribution in [0.5, 0.6) is 5.75 Å². The maximum Gasteiger partial charge on any atom is 0.163 e.